The van der Waals surface area contributed by atoms with Gasteiger partial charge in [0.1, 0.15) is 0 Å². The van der Waals surface area contributed by atoms with E-state index in [9.17, 15) is 14.4 Å². The fourth-order valence-electron chi connectivity index (χ4n) is 3.82. The van der Waals surface area contributed by atoms with Crippen molar-refractivity contribution in [2.75, 3.05) is 35.6 Å². The maximum absolute atomic E-state index is 12.8. The minimum Gasteiger partial charge on any atom is -0.459 e. The normalized spacial score (nSPS) is 13.9. The summed E-state index contributed by atoms with van der Waals surface area (Å²) in [6.45, 7) is 3.80. The van der Waals surface area contributed by atoms with Gasteiger partial charge in [0.25, 0.3) is 11.8 Å². The van der Waals surface area contributed by atoms with Crippen molar-refractivity contribution in [2.24, 2.45) is 5.92 Å². The van der Waals surface area contributed by atoms with Crippen LogP contribution in [0.15, 0.2) is 71.3 Å². The largest absolute Gasteiger partial charge is 0.459 e. The summed E-state index contributed by atoms with van der Waals surface area (Å²) in [6.07, 6.45) is 3.48. The highest BCUT2D eigenvalue weighted by molar-refractivity contribution is 6.03. The standard InChI is InChI=1S/C26H28N4O4/c1-18-10-12-30(13-11-18)26(33)19-5-2-6-20(15-19)27-17-24(31)28-21-7-3-8-22(16-21)29-25(32)23-9-4-14-34-23/h2-9,14-16,18,27H,10-13,17H2,1H3,(H,28,31)(H,29,32). The van der Waals surface area contributed by atoms with Gasteiger partial charge < -0.3 is 25.3 Å². The lowest BCUT2D eigenvalue weighted by atomic mass is 9.98. The summed E-state index contributed by atoms with van der Waals surface area (Å²) in [5.74, 6) is 0.256. The average molecular weight is 461 g/mol. The monoisotopic (exact) mass is 460 g/mol. The molecule has 2 heterocycles. The van der Waals surface area contributed by atoms with E-state index in [0.717, 1.165) is 25.9 Å². The SMILES string of the molecule is CC1CCN(C(=O)c2cccc(NCC(=O)Nc3cccc(NC(=O)c4ccco4)c3)c2)CC1. The van der Waals surface area contributed by atoms with Crippen LogP contribution in [0.1, 0.15) is 40.7 Å². The highest BCUT2D eigenvalue weighted by Gasteiger charge is 2.21. The van der Waals surface area contributed by atoms with Crippen LogP contribution in [0.2, 0.25) is 0 Å². The second kappa shape index (κ2) is 10.7. The fourth-order valence-corrected chi connectivity index (χ4v) is 3.82. The number of benzene rings is 2. The molecule has 0 unspecified atom stereocenters. The topological polar surface area (TPSA) is 104 Å². The Morgan fingerprint density at radius 2 is 1.62 bits per heavy atom. The molecular formula is C26H28N4O4. The van der Waals surface area contributed by atoms with Crippen LogP contribution < -0.4 is 16.0 Å². The van der Waals surface area contributed by atoms with E-state index in [1.54, 1.807) is 48.5 Å². The van der Waals surface area contributed by atoms with Crippen molar-refractivity contribution in [3.05, 3.63) is 78.3 Å². The van der Waals surface area contributed by atoms with Crippen LogP contribution in [0.4, 0.5) is 17.1 Å². The molecule has 0 atom stereocenters. The number of carbonyl (C=O) groups is 3. The number of anilines is 3. The Hall–Kier alpha value is -4.07. The lowest BCUT2D eigenvalue weighted by molar-refractivity contribution is -0.114. The molecule has 0 saturated carbocycles. The predicted molar refractivity (Wildman–Crippen MR) is 131 cm³/mol. The zero-order chi connectivity index (χ0) is 23.9. The van der Waals surface area contributed by atoms with E-state index in [-0.39, 0.29) is 30.0 Å². The van der Waals surface area contributed by atoms with Crippen molar-refractivity contribution >= 4 is 34.8 Å². The summed E-state index contributed by atoms with van der Waals surface area (Å²) in [5.41, 5.74) is 2.39. The van der Waals surface area contributed by atoms with Gasteiger partial charge in [-0.2, -0.15) is 0 Å². The van der Waals surface area contributed by atoms with E-state index >= 15 is 0 Å². The Kier molecular flexibility index (Phi) is 7.27. The van der Waals surface area contributed by atoms with Crippen LogP contribution in [-0.4, -0.2) is 42.3 Å². The number of nitrogens with one attached hydrogen (secondary N) is 3. The maximum atomic E-state index is 12.8. The lowest BCUT2D eigenvalue weighted by Gasteiger charge is -2.30. The second-order valence-electron chi connectivity index (χ2n) is 8.47. The third-order valence-electron chi connectivity index (χ3n) is 5.78. The first-order valence-electron chi connectivity index (χ1n) is 11.4. The molecule has 3 N–H and O–H groups in total. The van der Waals surface area contributed by atoms with Gasteiger partial charge in [0.15, 0.2) is 5.76 Å². The summed E-state index contributed by atoms with van der Waals surface area (Å²) in [7, 11) is 0. The predicted octanol–water partition coefficient (Wildman–Crippen LogP) is 4.45. The van der Waals surface area contributed by atoms with E-state index in [1.165, 1.54) is 6.26 Å². The first-order valence-corrected chi connectivity index (χ1v) is 11.4. The molecule has 3 amide bonds. The number of nitrogens with zero attached hydrogens (tertiary/aromatic N) is 1. The molecule has 0 bridgehead atoms. The van der Waals surface area contributed by atoms with Crippen molar-refractivity contribution < 1.29 is 18.8 Å². The van der Waals surface area contributed by atoms with Crippen molar-refractivity contribution in [2.45, 2.75) is 19.8 Å². The smallest absolute Gasteiger partial charge is 0.291 e. The molecule has 0 radical (unpaired) electrons. The molecule has 1 aliphatic rings. The molecule has 1 saturated heterocycles. The Morgan fingerprint density at radius 1 is 0.912 bits per heavy atom. The Labute approximate surface area is 198 Å². The Bertz CT molecular complexity index is 1150. The van der Waals surface area contributed by atoms with Crippen molar-refractivity contribution in [1.82, 2.24) is 4.90 Å². The number of rotatable bonds is 7. The van der Waals surface area contributed by atoms with Gasteiger partial charge in [-0.15, -0.1) is 0 Å². The number of hydrogen-bond acceptors (Lipinski definition) is 5. The molecule has 1 fully saturated rings. The molecule has 8 nitrogen and oxygen atoms in total. The first-order chi connectivity index (χ1) is 16.5. The van der Waals surface area contributed by atoms with Gasteiger partial charge in [0.05, 0.1) is 12.8 Å². The number of furan rings is 1. The molecule has 8 heteroatoms. The number of carbonyl (C=O) groups excluding carboxylic acids is 3. The Balaban J connectivity index is 1.30. The van der Waals surface area contributed by atoms with Crippen molar-refractivity contribution in [3.8, 4) is 0 Å². The van der Waals surface area contributed by atoms with E-state index in [4.69, 9.17) is 4.42 Å². The van der Waals surface area contributed by atoms with Crippen molar-refractivity contribution in [3.63, 3.8) is 0 Å². The quantitative estimate of drug-likeness (QED) is 0.483. The fraction of sp³-hybridized carbons (Fsp3) is 0.269. The highest BCUT2D eigenvalue weighted by Crippen LogP contribution is 2.20. The third-order valence-corrected chi connectivity index (χ3v) is 5.78. The molecule has 1 aromatic heterocycles. The minimum atomic E-state index is -0.372. The van der Waals surface area contributed by atoms with Gasteiger partial charge in [0, 0.05) is 35.7 Å². The number of likely N-dealkylation sites (tertiary alicyclic amines) is 1. The summed E-state index contributed by atoms with van der Waals surface area (Å²) in [4.78, 5) is 39.3. The van der Waals surface area contributed by atoms with Crippen molar-refractivity contribution in [1.29, 1.82) is 0 Å². The summed E-state index contributed by atoms with van der Waals surface area (Å²) in [5, 5.41) is 8.60. The van der Waals surface area contributed by atoms with Crippen LogP contribution >= 0.6 is 0 Å². The molecule has 176 valence electrons. The van der Waals surface area contributed by atoms with E-state index in [1.807, 2.05) is 17.0 Å². The lowest BCUT2D eigenvalue weighted by Crippen LogP contribution is -2.37. The highest BCUT2D eigenvalue weighted by atomic mass is 16.3. The zero-order valence-corrected chi connectivity index (χ0v) is 19.0. The summed E-state index contributed by atoms with van der Waals surface area (Å²) >= 11 is 0. The first kappa shape index (κ1) is 23.1. The number of amides is 3. The van der Waals surface area contributed by atoms with Crippen LogP contribution in [0.25, 0.3) is 0 Å². The van der Waals surface area contributed by atoms with E-state index < -0.39 is 0 Å². The molecule has 1 aliphatic heterocycles. The maximum Gasteiger partial charge on any atom is 0.291 e. The molecule has 4 rings (SSSR count). The van der Waals surface area contributed by atoms with E-state index in [2.05, 4.69) is 22.9 Å². The minimum absolute atomic E-state index is 0.0217. The molecule has 34 heavy (non-hydrogen) atoms. The number of hydrogen-bond donors (Lipinski definition) is 3. The third kappa shape index (κ3) is 6.04. The number of piperidine rings is 1. The van der Waals surface area contributed by atoms with Gasteiger partial charge >= 0.3 is 0 Å². The van der Waals surface area contributed by atoms with Gasteiger partial charge in [0.2, 0.25) is 5.91 Å². The van der Waals surface area contributed by atoms with Gasteiger partial charge in [-0.1, -0.05) is 19.1 Å². The molecule has 3 aromatic rings. The van der Waals surface area contributed by atoms with Gasteiger partial charge in [-0.3, -0.25) is 14.4 Å². The average Bonchev–Trinajstić information content (AvgIpc) is 3.39. The van der Waals surface area contributed by atoms with Crippen LogP contribution in [0, 0.1) is 5.92 Å². The van der Waals surface area contributed by atoms with Crippen LogP contribution in [-0.2, 0) is 4.79 Å². The van der Waals surface area contributed by atoms with Crippen LogP contribution in [0.3, 0.4) is 0 Å². The van der Waals surface area contributed by atoms with Gasteiger partial charge in [-0.25, -0.2) is 0 Å². The van der Waals surface area contributed by atoms with E-state index in [0.29, 0.717) is 28.5 Å². The molecule has 0 spiro atoms. The molecule has 2 aromatic carbocycles. The molecular weight excluding hydrogens is 432 g/mol. The van der Waals surface area contributed by atoms with Crippen LogP contribution in [0.5, 0.6) is 0 Å². The molecule has 0 aliphatic carbocycles. The summed E-state index contributed by atoms with van der Waals surface area (Å²) in [6, 6.07) is 17.3. The zero-order valence-electron chi connectivity index (χ0n) is 19.0. The van der Waals surface area contributed by atoms with Gasteiger partial charge in [-0.05, 0) is 67.3 Å². The summed E-state index contributed by atoms with van der Waals surface area (Å²) < 4.78 is 5.08. The second-order valence-corrected chi connectivity index (χ2v) is 8.47. The Morgan fingerprint density at radius 3 is 2.35 bits per heavy atom.